The molecule has 1 heterocycles. The van der Waals surface area contributed by atoms with Crippen LogP contribution in [0.25, 0.3) is 0 Å². The fraction of sp³-hybridized carbons (Fsp3) is 0.921. The molecule has 0 unspecified atom stereocenters. The van der Waals surface area contributed by atoms with Gasteiger partial charge in [0.1, 0.15) is 18.3 Å². The Kier molecular flexibility index (Phi) is 10.2. The lowest BCUT2D eigenvalue weighted by molar-refractivity contribution is -0.334. The minimum Gasteiger partial charge on any atom is -0.454 e. The van der Waals surface area contributed by atoms with E-state index in [1.807, 2.05) is 6.92 Å². The summed E-state index contributed by atoms with van der Waals surface area (Å²) in [5, 5.41) is 55.2. The molecule has 0 aromatic rings. The molecule has 5 fully saturated rings. The minimum atomic E-state index is -1.46. The van der Waals surface area contributed by atoms with Crippen LogP contribution in [0.1, 0.15) is 120 Å². The summed E-state index contributed by atoms with van der Waals surface area (Å²) in [6.07, 6.45) is 2.99. The summed E-state index contributed by atoms with van der Waals surface area (Å²) >= 11 is 0. The van der Waals surface area contributed by atoms with Gasteiger partial charge in [0.25, 0.3) is 0 Å². The van der Waals surface area contributed by atoms with E-state index in [9.17, 15) is 30.3 Å². The van der Waals surface area contributed by atoms with Crippen LogP contribution in [0.4, 0.5) is 0 Å². The third-order valence-electron chi connectivity index (χ3n) is 14.7. The van der Waals surface area contributed by atoms with Crippen molar-refractivity contribution in [2.24, 2.45) is 45.3 Å². The number of aliphatic hydroxyl groups excluding tert-OH is 4. The SMILES string of the molecule is CC(=O)O[C@H]1[C@H](O[C@H]2CC[C@@]3(C)[C@H](CC[C@]4(C)[C@@H]3[C@H](O)C[C@@H]3[C@@H]([C@@](C)(O)CCC=C(C)C)CC[C@]34C)C2(C)C)O[C@H](CO)[C@@H](O)[C@@H]1O. The van der Waals surface area contributed by atoms with Crippen LogP contribution >= 0.6 is 0 Å². The number of allylic oxidation sites excluding steroid dienone is 2. The molecule has 0 amide bonds. The molecule has 1 saturated heterocycles. The molecule has 15 atom stereocenters. The minimum absolute atomic E-state index is 0.0109. The topological polar surface area (TPSA) is 146 Å². The molecular formula is C38H64O9. The van der Waals surface area contributed by atoms with E-state index in [1.54, 1.807) is 0 Å². The first-order valence-electron chi connectivity index (χ1n) is 18.2. The lowest BCUT2D eigenvalue weighted by Crippen LogP contribution is -2.68. The van der Waals surface area contributed by atoms with Crippen LogP contribution in [0, 0.1) is 45.3 Å². The smallest absolute Gasteiger partial charge is 0.303 e. The van der Waals surface area contributed by atoms with Gasteiger partial charge in [0.05, 0.1) is 24.4 Å². The zero-order valence-electron chi connectivity index (χ0n) is 30.4. The summed E-state index contributed by atoms with van der Waals surface area (Å²) in [5.41, 5.74) is -0.0827. The number of esters is 1. The average molecular weight is 665 g/mol. The zero-order chi connectivity index (χ0) is 34.9. The van der Waals surface area contributed by atoms with Crippen molar-refractivity contribution in [3.8, 4) is 0 Å². The van der Waals surface area contributed by atoms with E-state index in [1.165, 1.54) is 12.5 Å². The number of aliphatic hydroxyl groups is 5. The van der Waals surface area contributed by atoms with Crippen LogP contribution in [0.5, 0.6) is 0 Å². The van der Waals surface area contributed by atoms with Crippen molar-refractivity contribution in [2.75, 3.05) is 6.61 Å². The van der Waals surface area contributed by atoms with E-state index in [-0.39, 0.29) is 51.4 Å². The quantitative estimate of drug-likeness (QED) is 0.139. The van der Waals surface area contributed by atoms with Gasteiger partial charge >= 0.3 is 5.97 Å². The molecule has 0 aromatic carbocycles. The van der Waals surface area contributed by atoms with Gasteiger partial charge in [0, 0.05) is 6.92 Å². The van der Waals surface area contributed by atoms with Gasteiger partial charge < -0.3 is 39.7 Å². The number of carbonyl (C=O) groups is 1. The highest BCUT2D eigenvalue weighted by atomic mass is 16.7. The predicted molar refractivity (Wildman–Crippen MR) is 178 cm³/mol. The van der Waals surface area contributed by atoms with E-state index in [0.717, 1.165) is 44.9 Å². The average Bonchev–Trinajstić information content (AvgIpc) is 3.31. The van der Waals surface area contributed by atoms with E-state index in [0.29, 0.717) is 12.8 Å². The molecule has 0 bridgehead atoms. The molecule has 5 N–H and O–H groups in total. The van der Waals surface area contributed by atoms with Crippen LogP contribution in [0.15, 0.2) is 11.6 Å². The lowest BCUT2D eigenvalue weighted by atomic mass is 9.35. The second-order valence-corrected chi connectivity index (χ2v) is 17.9. The Hall–Kier alpha value is -1.07. The number of carbonyl (C=O) groups excluding carboxylic acids is 1. The highest BCUT2D eigenvalue weighted by Crippen LogP contribution is 2.76. The highest BCUT2D eigenvalue weighted by molar-refractivity contribution is 5.66. The van der Waals surface area contributed by atoms with Gasteiger partial charge in [-0.05, 0) is 124 Å². The normalized spacial score (nSPS) is 48.8. The van der Waals surface area contributed by atoms with Crippen molar-refractivity contribution in [3.63, 3.8) is 0 Å². The lowest BCUT2D eigenvalue weighted by Gasteiger charge is -2.71. The van der Waals surface area contributed by atoms with E-state index < -0.39 is 55.0 Å². The Morgan fingerprint density at radius 3 is 2.23 bits per heavy atom. The number of rotatable bonds is 8. The first-order valence-corrected chi connectivity index (χ1v) is 18.2. The summed E-state index contributed by atoms with van der Waals surface area (Å²) in [6.45, 7) is 18.7. The van der Waals surface area contributed by atoms with Gasteiger partial charge in [0.2, 0.25) is 0 Å². The van der Waals surface area contributed by atoms with E-state index in [4.69, 9.17) is 14.2 Å². The number of hydrogen-bond donors (Lipinski definition) is 5. The number of ether oxygens (including phenoxy) is 3. The van der Waals surface area contributed by atoms with Gasteiger partial charge in [-0.25, -0.2) is 0 Å². The van der Waals surface area contributed by atoms with E-state index in [2.05, 4.69) is 54.5 Å². The molecule has 1 aliphatic heterocycles. The van der Waals surface area contributed by atoms with Crippen molar-refractivity contribution >= 4 is 5.97 Å². The molecule has 9 nitrogen and oxygen atoms in total. The zero-order valence-corrected chi connectivity index (χ0v) is 30.4. The van der Waals surface area contributed by atoms with Crippen LogP contribution in [0.3, 0.4) is 0 Å². The Bertz CT molecular complexity index is 1180. The predicted octanol–water partition coefficient (Wildman–Crippen LogP) is 4.90. The monoisotopic (exact) mass is 664 g/mol. The van der Waals surface area contributed by atoms with Crippen LogP contribution in [0.2, 0.25) is 0 Å². The molecule has 9 heteroatoms. The summed E-state index contributed by atoms with van der Waals surface area (Å²) in [4.78, 5) is 11.9. The summed E-state index contributed by atoms with van der Waals surface area (Å²) in [7, 11) is 0. The largest absolute Gasteiger partial charge is 0.454 e. The van der Waals surface area contributed by atoms with Crippen molar-refractivity contribution in [2.45, 2.75) is 169 Å². The Morgan fingerprint density at radius 2 is 1.62 bits per heavy atom. The highest BCUT2D eigenvalue weighted by Gasteiger charge is 2.71. The fourth-order valence-electron chi connectivity index (χ4n) is 12.3. The molecule has 270 valence electrons. The van der Waals surface area contributed by atoms with Crippen molar-refractivity contribution < 1.29 is 44.5 Å². The third-order valence-corrected chi connectivity index (χ3v) is 14.7. The fourth-order valence-corrected chi connectivity index (χ4v) is 12.3. The molecule has 4 aliphatic carbocycles. The van der Waals surface area contributed by atoms with Gasteiger partial charge in [-0.3, -0.25) is 4.79 Å². The molecule has 47 heavy (non-hydrogen) atoms. The summed E-state index contributed by atoms with van der Waals surface area (Å²) in [5.74, 6) is 0.126. The molecule has 0 radical (unpaired) electrons. The summed E-state index contributed by atoms with van der Waals surface area (Å²) < 4.78 is 17.9. The first-order chi connectivity index (χ1) is 21.7. The Labute approximate surface area is 282 Å². The summed E-state index contributed by atoms with van der Waals surface area (Å²) in [6, 6.07) is 0. The molecule has 4 saturated carbocycles. The van der Waals surface area contributed by atoms with Crippen LogP contribution in [-0.2, 0) is 19.0 Å². The molecule has 5 aliphatic rings. The maximum atomic E-state index is 12.2. The second-order valence-electron chi connectivity index (χ2n) is 17.9. The van der Waals surface area contributed by atoms with Gasteiger partial charge in [-0.2, -0.15) is 0 Å². The number of fused-ring (bicyclic) bond motifs is 5. The number of hydrogen-bond acceptors (Lipinski definition) is 9. The van der Waals surface area contributed by atoms with Crippen LogP contribution in [-0.4, -0.2) is 86.6 Å². The van der Waals surface area contributed by atoms with E-state index >= 15 is 0 Å². The van der Waals surface area contributed by atoms with Crippen molar-refractivity contribution in [3.05, 3.63) is 11.6 Å². The standard InChI is InChI=1S/C38H64O9/c1-21(2)11-10-15-38(9,44)23-12-17-36(7)24(23)19-25(41)32-35(6)16-14-28(34(4,5)27(35)13-18-37(32,36)8)47-33-31(45-22(3)40)30(43)29(42)26(20-39)46-33/h11,23-33,39,41-44H,10,12-20H2,1-9H3/t23-,24+,25+,26+,27+,28-,29+,30-,31+,32+,33-,35-,36+,37+,38-/m0/s1. The first kappa shape index (κ1) is 37.2. The Balaban J connectivity index is 1.39. The van der Waals surface area contributed by atoms with Crippen molar-refractivity contribution in [1.29, 1.82) is 0 Å². The second kappa shape index (κ2) is 12.9. The molecule has 0 aromatic heterocycles. The maximum Gasteiger partial charge on any atom is 0.303 e. The molecular weight excluding hydrogens is 600 g/mol. The van der Waals surface area contributed by atoms with Gasteiger partial charge in [-0.1, -0.05) is 46.3 Å². The van der Waals surface area contributed by atoms with Gasteiger partial charge in [-0.15, -0.1) is 0 Å². The van der Waals surface area contributed by atoms with Gasteiger partial charge in [0.15, 0.2) is 12.4 Å². The molecule has 5 rings (SSSR count). The van der Waals surface area contributed by atoms with Crippen LogP contribution < -0.4 is 0 Å². The Morgan fingerprint density at radius 1 is 0.957 bits per heavy atom. The third kappa shape index (κ3) is 6.06. The van der Waals surface area contributed by atoms with Crippen molar-refractivity contribution in [1.82, 2.24) is 0 Å². The maximum absolute atomic E-state index is 12.2. The molecule has 0 spiro atoms.